The van der Waals surface area contributed by atoms with Crippen LogP contribution in [0.25, 0.3) is 0 Å². The molecule has 0 aliphatic rings. The Labute approximate surface area is 82.2 Å². The maximum atomic E-state index is 12.6. The number of hydrogen-bond acceptors (Lipinski definition) is 0. The number of rotatable bonds is 1. The van der Waals surface area contributed by atoms with Gasteiger partial charge in [-0.15, -0.1) is 0 Å². The molecule has 0 saturated carbocycles. The Bertz CT molecular complexity index is 141. The van der Waals surface area contributed by atoms with Crippen LogP contribution in [0, 0.1) is 5.41 Å². The average Bonchev–Trinajstić information content (AvgIpc) is 1.81. The predicted molar refractivity (Wildman–Crippen MR) is 39.8 cm³/mol. The van der Waals surface area contributed by atoms with Gasteiger partial charge in [0.15, 0.2) is 0 Å². The summed E-state index contributed by atoms with van der Waals surface area (Å²) in [6.07, 6.45) is -4.06. The van der Waals surface area contributed by atoms with Crippen molar-refractivity contribution in [2.24, 2.45) is 5.41 Å². The van der Waals surface area contributed by atoms with Crippen molar-refractivity contribution in [3.8, 4) is 0 Å². The Balaban J connectivity index is 4.95. The molecule has 0 heterocycles. The summed E-state index contributed by atoms with van der Waals surface area (Å²) in [5, 5.41) is 0. The fourth-order valence-electron chi connectivity index (χ4n) is 0.816. The van der Waals surface area contributed by atoms with Crippen molar-refractivity contribution in [1.29, 1.82) is 0 Å². The number of hydrogen-bond donors (Lipinski definition) is 0. The van der Waals surface area contributed by atoms with Gasteiger partial charge in [0.25, 0.3) is 0 Å². The minimum atomic E-state index is -4.06. The molecule has 76 valence electrons. The topological polar surface area (TPSA) is 0 Å². The summed E-state index contributed by atoms with van der Waals surface area (Å²) in [4.78, 5) is 1.69. The van der Waals surface area contributed by atoms with E-state index in [4.69, 9.17) is 0 Å². The van der Waals surface area contributed by atoms with Crippen LogP contribution in [0.3, 0.4) is 0 Å². The SMILES string of the molecule is C[I-]C(C)(C(C)(C)C)C(F)(F)F. The van der Waals surface area contributed by atoms with Gasteiger partial charge in [-0.25, -0.2) is 0 Å². The number of halogens is 4. The zero-order valence-electron chi connectivity index (χ0n) is 8.01. The van der Waals surface area contributed by atoms with Gasteiger partial charge in [-0.05, 0) is 0 Å². The van der Waals surface area contributed by atoms with Gasteiger partial charge in [0.2, 0.25) is 0 Å². The van der Waals surface area contributed by atoms with E-state index in [0.717, 1.165) is 0 Å². The van der Waals surface area contributed by atoms with Crippen LogP contribution in [0.4, 0.5) is 13.2 Å². The molecule has 0 aromatic rings. The first-order chi connectivity index (χ1) is 5.06. The van der Waals surface area contributed by atoms with Crippen molar-refractivity contribution < 1.29 is 34.4 Å². The Morgan fingerprint density at radius 2 is 1.25 bits per heavy atom. The molecule has 4 heteroatoms. The molecule has 0 aromatic heterocycles. The van der Waals surface area contributed by atoms with Crippen LogP contribution in [-0.2, 0) is 0 Å². The summed E-state index contributed by atoms with van der Waals surface area (Å²) in [6, 6.07) is 0. The van der Waals surface area contributed by atoms with E-state index in [0.29, 0.717) is 0 Å². The molecule has 1 unspecified atom stereocenters. The van der Waals surface area contributed by atoms with Gasteiger partial charge in [0, 0.05) is 0 Å². The maximum absolute atomic E-state index is 12.6. The van der Waals surface area contributed by atoms with Crippen molar-refractivity contribution in [3.05, 3.63) is 0 Å². The first-order valence-electron chi connectivity index (χ1n) is 3.63. The van der Waals surface area contributed by atoms with Crippen molar-refractivity contribution in [1.82, 2.24) is 0 Å². The fourth-order valence-corrected chi connectivity index (χ4v) is 3.05. The van der Waals surface area contributed by atoms with Gasteiger partial charge in [-0.3, -0.25) is 0 Å². The second-order valence-electron chi connectivity index (χ2n) is 3.94. The van der Waals surface area contributed by atoms with Gasteiger partial charge in [-0.1, -0.05) is 0 Å². The van der Waals surface area contributed by atoms with Gasteiger partial charge in [-0.2, -0.15) is 0 Å². The molecular weight excluding hydrogens is 280 g/mol. The molecule has 1 atom stereocenters. The zero-order valence-corrected chi connectivity index (χ0v) is 10.2. The van der Waals surface area contributed by atoms with E-state index < -0.39 is 36.2 Å². The summed E-state index contributed by atoms with van der Waals surface area (Å²) in [5.41, 5.74) is -0.687. The first kappa shape index (κ1) is 12.5. The van der Waals surface area contributed by atoms with E-state index in [9.17, 15) is 13.2 Å². The van der Waals surface area contributed by atoms with Crippen LogP contribution in [0.2, 0.25) is 0 Å². The number of alkyl halides is 5. The van der Waals surface area contributed by atoms with Gasteiger partial charge >= 0.3 is 82.0 Å². The van der Waals surface area contributed by atoms with E-state index in [1.54, 1.807) is 25.7 Å². The zero-order chi connectivity index (χ0) is 10.2. The minimum absolute atomic E-state index is 0.687. The van der Waals surface area contributed by atoms with E-state index >= 15 is 0 Å². The van der Waals surface area contributed by atoms with Crippen molar-refractivity contribution in [2.45, 2.75) is 37.3 Å². The second kappa shape index (κ2) is 3.35. The average molecular weight is 295 g/mol. The summed E-state index contributed by atoms with van der Waals surface area (Å²) < 4.78 is 36.4. The summed E-state index contributed by atoms with van der Waals surface area (Å²) in [7, 11) is 0. The molecule has 0 aromatic carbocycles. The molecule has 0 bridgehead atoms. The van der Waals surface area contributed by atoms with Crippen molar-refractivity contribution in [2.75, 3.05) is 4.93 Å². The van der Waals surface area contributed by atoms with Crippen LogP contribution < -0.4 is 21.2 Å². The van der Waals surface area contributed by atoms with Crippen molar-refractivity contribution in [3.63, 3.8) is 0 Å². The standard InChI is InChI=1S/C8H15F3I/c1-6(2,3)7(4,12-5)8(9,10)11/h1-5H3/q-1. The Kier molecular flexibility index (Phi) is 3.49. The van der Waals surface area contributed by atoms with E-state index in [1.807, 2.05) is 0 Å². The molecule has 0 amide bonds. The molecular formula is C8H15F3I-. The third-order valence-electron chi connectivity index (χ3n) is 2.32. The predicted octanol–water partition coefficient (Wildman–Crippen LogP) is 0.0723. The van der Waals surface area contributed by atoms with Gasteiger partial charge in [0.05, 0.1) is 0 Å². The van der Waals surface area contributed by atoms with Crippen LogP contribution in [0.1, 0.15) is 27.7 Å². The third-order valence-corrected chi connectivity index (χ3v) is 6.71. The second-order valence-corrected chi connectivity index (χ2v) is 7.18. The van der Waals surface area contributed by atoms with Crippen LogP contribution in [0.15, 0.2) is 0 Å². The van der Waals surface area contributed by atoms with E-state index in [-0.39, 0.29) is 0 Å². The monoisotopic (exact) mass is 295 g/mol. The Hall–Kier alpha value is 0.520. The quantitative estimate of drug-likeness (QED) is 0.474. The molecule has 0 fully saturated rings. The summed E-state index contributed by atoms with van der Waals surface area (Å²) in [5.74, 6) is 0. The first-order valence-corrected chi connectivity index (χ1v) is 6.87. The molecule has 0 saturated heterocycles. The van der Waals surface area contributed by atoms with Gasteiger partial charge in [0.1, 0.15) is 0 Å². The molecule has 0 aliphatic carbocycles. The van der Waals surface area contributed by atoms with Crippen LogP contribution in [-0.4, -0.2) is 14.5 Å². The summed E-state index contributed by atoms with van der Waals surface area (Å²) >= 11 is -0.847. The summed E-state index contributed by atoms with van der Waals surface area (Å²) in [6.45, 7) is 6.30. The molecule has 0 nitrogen and oxygen atoms in total. The molecule has 0 aliphatic heterocycles. The normalized spacial score (nSPS) is 19.3. The van der Waals surface area contributed by atoms with E-state index in [1.165, 1.54) is 6.92 Å². The molecule has 12 heavy (non-hydrogen) atoms. The Morgan fingerprint density at radius 3 is 1.25 bits per heavy atom. The van der Waals surface area contributed by atoms with Crippen LogP contribution in [0.5, 0.6) is 0 Å². The molecule has 0 radical (unpaired) electrons. The third kappa shape index (κ3) is 2.06. The Morgan fingerprint density at radius 1 is 0.917 bits per heavy atom. The van der Waals surface area contributed by atoms with Crippen molar-refractivity contribution >= 4 is 0 Å². The fraction of sp³-hybridized carbons (Fsp3) is 1.00. The van der Waals surface area contributed by atoms with E-state index in [2.05, 4.69) is 0 Å². The molecule has 0 N–H and O–H groups in total. The van der Waals surface area contributed by atoms with Crippen LogP contribution >= 0.6 is 0 Å². The molecule has 0 rings (SSSR count). The van der Waals surface area contributed by atoms with Gasteiger partial charge < -0.3 is 0 Å². The molecule has 0 spiro atoms.